The van der Waals surface area contributed by atoms with E-state index < -0.39 is 6.04 Å². The lowest BCUT2D eigenvalue weighted by Crippen LogP contribution is -2.51. The van der Waals surface area contributed by atoms with E-state index in [1.54, 1.807) is 43.5 Å². The highest BCUT2D eigenvalue weighted by molar-refractivity contribution is 5.92. The summed E-state index contributed by atoms with van der Waals surface area (Å²) in [6.45, 7) is 3.44. The molecule has 0 radical (unpaired) electrons. The number of carbonyl (C=O) groups is 1. The highest BCUT2D eigenvalue weighted by Crippen LogP contribution is 2.30. The highest BCUT2D eigenvalue weighted by atomic mass is 16.5. The van der Waals surface area contributed by atoms with Gasteiger partial charge in [0, 0.05) is 39.0 Å². The van der Waals surface area contributed by atoms with Crippen LogP contribution < -0.4 is 20.1 Å². The van der Waals surface area contributed by atoms with Crippen molar-refractivity contribution in [1.29, 1.82) is 0 Å². The van der Waals surface area contributed by atoms with Gasteiger partial charge in [-0.1, -0.05) is 12.1 Å². The van der Waals surface area contributed by atoms with Crippen LogP contribution in [0.5, 0.6) is 11.5 Å². The molecule has 0 spiro atoms. The molecule has 1 atom stereocenters. The number of carbonyl (C=O) groups excluding carboxylic acids is 1. The van der Waals surface area contributed by atoms with Crippen LogP contribution in [0.2, 0.25) is 0 Å². The number of amides is 1. The minimum absolute atomic E-state index is 0.102. The topological polar surface area (TPSA) is 151 Å². The van der Waals surface area contributed by atoms with Crippen molar-refractivity contribution in [2.75, 3.05) is 64.2 Å². The summed E-state index contributed by atoms with van der Waals surface area (Å²) < 4.78 is 24.7. The van der Waals surface area contributed by atoms with E-state index in [2.05, 4.69) is 25.1 Å². The van der Waals surface area contributed by atoms with Gasteiger partial charge in [-0.15, -0.1) is 5.10 Å². The van der Waals surface area contributed by atoms with Gasteiger partial charge in [-0.3, -0.25) is 4.79 Å². The standard InChI is InChI=1S/C32H33N9O5/c1-43-18-19-45-24-11-7-22(8-12-24)38-13-15-39(16-14-38)31(42)27(21-5-9-23(44-2)10-6-21)40-30-25(20-34-40)29-35-28(26-4-3-17-46-26)37-41(29)32(33)36-30/h3-12,17,20,27H,13-16,18-19H2,1-2H3,(H2,33,36). The number of anilines is 2. The molecule has 6 aromatic rings. The molecule has 2 aromatic carbocycles. The molecular weight excluding hydrogens is 590 g/mol. The third-order valence-electron chi connectivity index (χ3n) is 8.06. The van der Waals surface area contributed by atoms with Crippen LogP contribution in [0.1, 0.15) is 11.6 Å². The molecule has 1 saturated heterocycles. The quantitative estimate of drug-likeness (QED) is 0.224. The molecule has 1 fully saturated rings. The summed E-state index contributed by atoms with van der Waals surface area (Å²) in [4.78, 5) is 27.8. The highest BCUT2D eigenvalue weighted by Gasteiger charge is 2.33. The third kappa shape index (κ3) is 5.43. The van der Waals surface area contributed by atoms with E-state index in [1.165, 1.54) is 4.52 Å². The lowest BCUT2D eigenvalue weighted by atomic mass is 10.0. The molecule has 236 valence electrons. The van der Waals surface area contributed by atoms with Crippen LogP contribution in [-0.2, 0) is 9.53 Å². The van der Waals surface area contributed by atoms with Crippen molar-refractivity contribution in [3.8, 4) is 23.1 Å². The zero-order chi connectivity index (χ0) is 31.6. The fourth-order valence-electron chi connectivity index (χ4n) is 5.65. The molecule has 4 aromatic heterocycles. The summed E-state index contributed by atoms with van der Waals surface area (Å²) in [6.07, 6.45) is 3.19. The predicted octanol–water partition coefficient (Wildman–Crippen LogP) is 3.29. The molecule has 0 saturated carbocycles. The van der Waals surface area contributed by atoms with Gasteiger partial charge >= 0.3 is 0 Å². The predicted molar refractivity (Wildman–Crippen MR) is 170 cm³/mol. The fourth-order valence-corrected chi connectivity index (χ4v) is 5.65. The van der Waals surface area contributed by atoms with E-state index in [0.29, 0.717) is 73.4 Å². The van der Waals surface area contributed by atoms with Crippen molar-refractivity contribution >= 4 is 34.2 Å². The minimum Gasteiger partial charge on any atom is -0.497 e. The molecule has 14 heteroatoms. The van der Waals surface area contributed by atoms with Gasteiger partial charge in [-0.2, -0.15) is 14.6 Å². The van der Waals surface area contributed by atoms with Crippen LogP contribution in [0.25, 0.3) is 28.3 Å². The van der Waals surface area contributed by atoms with E-state index in [1.807, 2.05) is 53.4 Å². The van der Waals surface area contributed by atoms with Crippen molar-refractivity contribution in [1.82, 2.24) is 34.3 Å². The number of nitrogens with zero attached hydrogens (tertiary/aromatic N) is 8. The maximum Gasteiger partial charge on any atom is 0.252 e. The number of hydrogen-bond acceptors (Lipinski definition) is 11. The summed E-state index contributed by atoms with van der Waals surface area (Å²) in [7, 11) is 3.25. The SMILES string of the molecule is COCCOc1ccc(N2CCN(C(=O)C(c3ccc(OC)cc3)n3ncc4c3nc(N)n3nc(-c5ccco5)nc43)CC2)cc1. The van der Waals surface area contributed by atoms with Crippen molar-refractivity contribution in [2.45, 2.75) is 6.04 Å². The van der Waals surface area contributed by atoms with Crippen LogP contribution in [0.3, 0.4) is 0 Å². The second kappa shape index (κ2) is 12.4. The fraction of sp³-hybridized carbons (Fsp3) is 0.281. The first-order chi connectivity index (χ1) is 22.5. The summed E-state index contributed by atoms with van der Waals surface area (Å²) in [6, 6.07) is 18.1. The zero-order valence-corrected chi connectivity index (χ0v) is 25.4. The Morgan fingerprint density at radius 2 is 1.70 bits per heavy atom. The summed E-state index contributed by atoms with van der Waals surface area (Å²) in [5.74, 6) is 2.35. The second-order valence-electron chi connectivity index (χ2n) is 10.8. The van der Waals surface area contributed by atoms with Gasteiger partial charge in [-0.25, -0.2) is 9.67 Å². The molecule has 5 heterocycles. The number of furan rings is 1. The Hall–Kier alpha value is -5.63. The van der Waals surface area contributed by atoms with E-state index >= 15 is 0 Å². The number of benzene rings is 2. The monoisotopic (exact) mass is 623 g/mol. The number of fused-ring (bicyclic) bond motifs is 3. The largest absolute Gasteiger partial charge is 0.497 e. The Morgan fingerprint density at radius 1 is 0.935 bits per heavy atom. The van der Waals surface area contributed by atoms with Crippen LogP contribution in [0.15, 0.2) is 77.5 Å². The van der Waals surface area contributed by atoms with Crippen molar-refractivity contribution in [3.05, 3.63) is 78.7 Å². The molecule has 2 N–H and O–H groups in total. The molecule has 0 bridgehead atoms. The van der Waals surface area contributed by atoms with Gasteiger partial charge in [0.15, 0.2) is 23.1 Å². The average Bonchev–Trinajstić information content (AvgIpc) is 3.87. The summed E-state index contributed by atoms with van der Waals surface area (Å²) >= 11 is 0. The van der Waals surface area contributed by atoms with Crippen LogP contribution in [-0.4, -0.2) is 93.8 Å². The number of rotatable bonds is 10. The number of aromatic nitrogens is 6. The van der Waals surface area contributed by atoms with Gasteiger partial charge in [0.05, 0.1) is 31.6 Å². The number of hydrogen-bond donors (Lipinski definition) is 1. The molecule has 7 rings (SSSR count). The number of ether oxygens (including phenoxy) is 3. The maximum absolute atomic E-state index is 14.4. The van der Waals surface area contributed by atoms with Crippen molar-refractivity contribution in [2.24, 2.45) is 0 Å². The van der Waals surface area contributed by atoms with Gasteiger partial charge in [0.25, 0.3) is 5.91 Å². The van der Waals surface area contributed by atoms with Crippen molar-refractivity contribution in [3.63, 3.8) is 0 Å². The van der Waals surface area contributed by atoms with Crippen LogP contribution >= 0.6 is 0 Å². The molecule has 1 unspecified atom stereocenters. The molecule has 1 amide bonds. The normalized spacial score (nSPS) is 14.2. The summed E-state index contributed by atoms with van der Waals surface area (Å²) in [5.41, 5.74) is 9.06. The smallest absolute Gasteiger partial charge is 0.252 e. The molecule has 1 aliphatic heterocycles. The Balaban J connectivity index is 1.18. The zero-order valence-electron chi connectivity index (χ0n) is 25.4. The Bertz CT molecular complexity index is 1940. The first-order valence-electron chi connectivity index (χ1n) is 14.9. The molecular formula is C32H33N9O5. The van der Waals surface area contributed by atoms with E-state index in [-0.39, 0.29) is 11.9 Å². The average molecular weight is 624 g/mol. The molecule has 0 aliphatic carbocycles. The molecule has 46 heavy (non-hydrogen) atoms. The first-order valence-corrected chi connectivity index (χ1v) is 14.9. The van der Waals surface area contributed by atoms with Crippen molar-refractivity contribution < 1.29 is 23.4 Å². The van der Waals surface area contributed by atoms with Crippen LogP contribution in [0.4, 0.5) is 11.6 Å². The first kappa shape index (κ1) is 29.1. The van der Waals surface area contributed by atoms with Gasteiger partial charge in [-0.05, 0) is 54.1 Å². The molecule has 14 nitrogen and oxygen atoms in total. The lowest BCUT2D eigenvalue weighted by Gasteiger charge is -2.37. The second-order valence-corrected chi connectivity index (χ2v) is 10.8. The van der Waals surface area contributed by atoms with E-state index in [9.17, 15) is 4.79 Å². The van der Waals surface area contributed by atoms with Crippen LogP contribution in [0, 0.1) is 0 Å². The Labute approximate surface area is 263 Å². The third-order valence-corrected chi connectivity index (χ3v) is 8.06. The van der Waals surface area contributed by atoms with E-state index in [0.717, 1.165) is 17.0 Å². The summed E-state index contributed by atoms with van der Waals surface area (Å²) in [5, 5.41) is 9.76. The van der Waals surface area contributed by atoms with Gasteiger partial charge in [0.1, 0.15) is 18.1 Å². The van der Waals surface area contributed by atoms with E-state index in [4.69, 9.17) is 24.4 Å². The maximum atomic E-state index is 14.4. The number of nitrogens with two attached hydrogens (primary N) is 1. The Kier molecular flexibility index (Phi) is 7.84. The molecule has 1 aliphatic rings. The van der Waals surface area contributed by atoms with Gasteiger partial charge in [0.2, 0.25) is 11.8 Å². The number of nitrogen functional groups attached to an aromatic ring is 1. The van der Waals surface area contributed by atoms with Gasteiger partial charge < -0.3 is 34.2 Å². The number of piperazine rings is 1. The lowest BCUT2D eigenvalue weighted by molar-refractivity contribution is -0.134. The minimum atomic E-state index is -0.805. The Morgan fingerprint density at radius 3 is 2.39 bits per heavy atom. The number of methoxy groups -OCH3 is 2.